The van der Waals surface area contributed by atoms with Crippen LogP contribution >= 0.6 is 0 Å². The Hall–Kier alpha value is -2.39. The average molecular weight is 443 g/mol. The highest BCUT2D eigenvalue weighted by Gasteiger charge is 2.47. The fraction of sp³-hybridized carbons (Fsp3) is 0.545. The first-order chi connectivity index (χ1) is 14.9. The normalized spacial score (nSPS) is 26.1. The van der Waals surface area contributed by atoms with Crippen LogP contribution in [-0.4, -0.2) is 52.8 Å². The summed E-state index contributed by atoms with van der Waals surface area (Å²) in [5.74, 6) is 1.55. The summed E-state index contributed by atoms with van der Waals surface area (Å²) in [5.41, 5.74) is 1.41. The van der Waals surface area contributed by atoms with E-state index in [2.05, 4.69) is 15.6 Å². The first-order valence-electron chi connectivity index (χ1n) is 11.1. The van der Waals surface area contributed by atoms with E-state index in [4.69, 9.17) is 4.99 Å². The van der Waals surface area contributed by atoms with Crippen LogP contribution in [0.3, 0.4) is 0 Å². The van der Waals surface area contributed by atoms with Gasteiger partial charge in [0, 0.05) is 26.3 Å². The van der Waals surface area contributed by atoms with Crippen LogP contribution in [0.25, 0.3) is 0 Å². The minimum Gasteiger partial charge on any atom is -0.370 e. The van der Waals surface area contributed by atoms with Gasteiger partial charge in [0.2, 0.25) is 0 Å². The van der Waals surface area contributed by atoms with Gasteiger partial charge in [0.05, 0.1) is 17.4 Å². The second-order valence-electron chi connectivity index (χ2n) is 8.97. The second kappa shape index (κ2) is 7.63. The number of amidine groups is 1. The number of benzene rings is 1. The van der Waals surface area contributed by atoms with E-state index in [1.807, 2.05) is 38.2 Å². The third kappa shape index (κ3) is 3.63. The zero-order chi connectivity index (χ0) is 21.6. The fourth-order valence-corrected chi connectivity index (χ4v) is 6.50. The van der Waals surface area contributed by atoms with Crippen molar-refractivity contribution in [2.24, 2.45) is 12.0 Å². The number of sulfonamides is 1. The van der Waals surface area contributed by atoms with Crippen LogP contribution in [0.1, 0.15) is 44.3 Å². The topological polar surface area (TPSA) is 91.6 Å². The minimum atomic E-state index is -3.69. The van der Waals surface area contributed by atoms with Gasteiger partial charge in [-0.3, -0.25) is 4.99 Å². The number of rotatable bonds is 3. The Morgan fingerprint density at radius 1 is 1.16 bits per heavy atom. The molecule has 0 bridgehead atoms. The lowest BCUT2D eigenvalue weighted by Crippen LogP contribution is -2.62. The zero-order valence-corrected chi connectivity index (χ0v) is 19.0. The number of para-hydroxylation sites is 2. The maximum absolute atomic E-state index is 13.4. The number of aromatic nitrogens is 2. The Kier molecular flexibility index (Phi) is 5.05. The number of fused-ring (bicyclic) bond motifs is 1. The average Bonchev–Trinajstić information content (AvgIpc) is 3.39. The van der Waals surface area contributed by atoms with Crippen molar-refractivity contribution in [3.05, 3.63) is 36.3 Å². The van der Waals surface area contributed by atoms with Gasteiger partial charge in [-0.25, -0.2) is 13.4 Å². The van der Waals surface area contributed by atoms with Crippen LogP contribution in [0.2, 0.25) is 0 Å². The SMILES string of the molecule is Cc1nc(S(=O)(=O)N2CCCC3(C2)Nc2ccccc2NC3=NC2CCCC2)cn1C. The van der Waals surface area contributed by atoms with E-state index < -0.39 is 15.6 Å². The van der Waals surface area contributed by atoms with Gasteiger partial charge in [0.1, 0.15) is 17.2 Å². The van der Waals surface area contributed by atoms with Gasteiger partial charge >= 0.3 is 0 Å². The number of aryl methyl sites for hydroxylation is 2. The molecule has 166 valence electrons. The Labute approximate surface area is 183 Å². The van der Waals surface area contributed by atoms with E-state index in [-0.39, 0.29) is 5.03 Å². The Balaban J connectivity index is 1.52. The molecule has 1 aromatic heterocycles. The fourth-order valence-electron chi connectivity index (χ4n) is 4.94. The molecule has 8 nitrogen and oxygen atoms in total. The second-order valence-corrected chi connectivity index (χ2v) is 10.9. The predicted octanol–water partition coefficient (Wildman–Crippen LogP) is 3.13. The highest BCUT2D eigenvalue weighted by molar-refractivity contribution is 7.89. The van der Waals surface area contributed by atoms with Gasteiger partial charge in [-0.05, 0) is 44.7 Å². The van der Waals surface area contributed by atoms with Crippen molar-refractivity contribution in [1.29, 1.82) is 0 Å². The summed E-state index contributed by atoms with van der Waals surface area (Å²) in [6.45, 7) is 2.63. The molecule has 3 heterocycles. The molecule has 1 spiro atoms. The monoisotopic (exact) mass is 442 g/mol. The highest BCUT2D eigenvalue weighted by atomic mass is 32.2. The number of nitrogens with zero attached hydrogens (tertiary/aromatic N) is 4. The van der Waals surface area contributed by atoms with Crippen LogP contribution in [0.5, 0.6) is 0 Å². The minimum absolute atomic E-state index is 0.114. The number of hydrogen-bond donors (Lipinski definition) is 2. The summed E-state index contributed by atoms with van der Waals surface area (Å²) in [6, 6.07) is 8.37. The van der Waals surface area contributed by atoms with Crippen LogP contribution in [0.4, 0.5) is 11.4 Å². The molecular formula is C22H30N6O2S. The lowest BCUT2D eigenvalue weighted by atomic mass is 9.86. The van der Waals surface area contributed by atoms with Crippen molar-refractivity contribution in [3.8, 4) is 0 Å². The summed E-state index contributed by atoms with van der Waals surface area (Å²) in [4.78, 5) is 9.42. The van der Waals surface area contributed by atoms with Gasteiger partial charge in [0.25, 0.3) is 10.0 Å². The largest absolute Gasteiger partial charge is 0.370 e. The number of anilines is 2. The molecule has 1 unspecified atom stereocenters. The zero-order valence-electron chi connectivity index (χ0n) is 18.1. The summed E-state index contributed by atoms with van der Waals surface area (Å²) in [5, 5.41) is 7.35. The molecule has 1 aromatic carbocycles. The van der Waals surface area contributed by atoms with Crippen LogP contribution in [-0.2, 0) is 17.1 Å². The van der Waals surface area contributed by atoms with E-state index >= 15 is 0 Å². The van der Waals surface area contributed by atoms with E-state index in [0.717, 1.165) is 42.9 Å². The molecule has 2 fully saturated rings. The first kappa shape index (κ1) is 20.5. The van der Waals surface area contributed by atoms with Crippen molar-refractivity contribution < 1.29 is 8.42 Å². The van der Waals surface area contributed by atoms with Crippen molar-refractivity contribution in [3.63, 3.8) is 0 Å². The molecule has 2 N–H and O–H groups in total. The Bertz CT molecular complexity index is 1100. The molecule has 0 amide bonds. The third-order valence-corrected chi connectivity index (χ3v) is 8.51. The van der Waals surface area contributed by atoms with Gasteiger partial charge in [-0.15, -0.1) is 0 Å². The molecule has 3 aliphatic rings. The Morgan fingerprint density at radius 3 is 2.61 bits per heavy atom. The summed E-state index contributed by atoms with van der Waals surface area (Å²) in [6.07, 6.45) is 7.78. The molecule has 31 heavy (non-hydrogen) atoms. The molecule has 2 aliphatic heterocycles. The lowest BCUT2D eigenvalue weighted by Gasteiger charge is -2.47. The molecule has 1 aliphatic carbocycles. The van der Waals surface area contributed by atoms with Gasteiger partial charge in [-0.2, -0.15) is 4.31 Å². The van der Waals surface area contributed by atoms with Crippen molar-refractivity contribution in [2.45, 2.75) is 62.1 Å². The number of imidazole rings is 1. The smallest absolute Gasteiger partial charge is 0.262 e. The van der Waals surface area contributed by atoms with Crippen LogP contribution < -0.4 is 10.6 Å². The molecule has 5 rings (SSSR count). The predicted molar refractivity (Wildman–Crippen MR) is 122 cm³/mol. The van der Waals surface area contributed by atoms with E-state index in [1.54, 1.807) is 15.1 Å². The molecule has 0 radical (unpaired) electrons. The highest BCUT2D eigenvalue weighted by Crippen LogP contribution is 2.38. The van der Waals surface area contributed by atoms with E-state index in [9.17, 15) is 8.42 Å². The lowest BCUT2D eigenvalue weighted by molar-refractivity contribution is 0.292. The van der Waals surface area contributed by atoms with Gasteiger partial charge in [-0.1, -0.05) is 25.0 Å². The molecule has 1 atom stereocenters. The molecule has 2 aromatic rings. The van der Waals surface area contributed by atoms with Gasteiger partial charge < -0.3 is 15.2 Å². The van der Waals surface area contributed by atoms with Crippen molar-refractivity contribution in [1.82, 2.24) is 13.9 Å². The third-order valence-electron chi connectivity index (χ3n) is 6.79. The summed E-state index contributed by atoms with van der Waals surface area (Å²) >= 11 is 0. The molecule has 9 heteroatoms. The number of aliphatic imine (C=N–C) groups is 1. The van der Waals surface area contributed by atoms with Gasteiger partial charge in [0.15, 0.2) is 5.03 Å². The molecule has 1 saturated carbocycles. The molecular weight excluding hydrogens is 412 g/mol. The van der Waals surface area contributed by atoms with E-state index in [0.29, 0.717) is 25.0 Å². The van der Waals surface area contributed by atoms with Crippen LogP contribution in [0, 0.1) is 6.92 Å². The summed E-state index contributed by atoms with van der Waals surface area (Å²) < 4.78 is 30.2. The Morgan fingerprint density at radius 2 is 1.90 bits per heavy atom. The number of nitrogens with one attached hydrogen (secondary N) is 2. The standard InChI is InChI=1S/C22H30N6O2S/c1-16-23-20(14-27(16)2)31(29,30)28-13-7-12-22(15-28)21(24-17-8-3-4-9-17)25-18-10-5-6-11-19(18)26-22/h5-6,10-11,14,17,26H,3-4,7-9,12-13,15H2,1-2H3,(H,24,25). The first-order valence-corrected chi connectivity index (χ1v) is 12.5. The molecule has 1 saturated heterocycles. The number of hydrogen-bond acceptors (Lipinski definition) is 5. The maximum Gasteiger partial charge on any atom is 0.262 e. The summed E-state index contributed by atoms with van der Waals surface area (Å²) in [7, 11) is -1.87. The maximum atomic E-state index is 13.4. The van der Waals surface area contributed by atoms with E-state index in [1.165, 1.54) is 12.8 Å². The quantitative estimate of drug-likeness (QED) is 0.762. The number of piperidine rings is 1. The van der Waals surface area contributed by atoms with Crippen molar-refractivity contribution >= 4 is 27.2 Å². The van der Waals surface area contributed by atoms with Crippen LogP contribution in [0.15, 0.2) is 40.5 Å². The van der Waals surface area contributed by atoms with Crippen molar-refractivity contribution in [2.75, 3.05) is 23.7 Å².